The van der Waals surface area contributed by atoms with E-state index < -0.39 is 30.1 Å². The van der Waals surface area contributed by atoms with Gasteiger partial charge in [0.15, 0.2) is 12.4 Å². The molecule has 1 heterocycles. The molecule has 2 aromatic carbocycles. The Bertz CT molecular complexity index is 906. The van der Waals surface area contributed by atoms with Crippen molar-refractivity contribution in [3.05, 3.63) is 65.2 Å². The maximum Gasteiger partial charge on any atom is 0.416 e. The first kappa shape index (κ1) is 19.6. The van der Waals surface area contributed by atoms with Crippen molar-refractivity contribution in [2.24, 2.45) is 0 Å². The third kappa shape index (κ3) is 4.39. The number of Topliss-reactive ketones (excluding diaryl/α,β-unsaturated/α-hetero) is 1. The molecule has 1 fully saturated rings. The van der Waals surface area contributed by atoms with E-state index in [0.717, 1.165) is 18.6 Å². The van der Waals surface area contributed by atoms with Crippen LogP contribution >= 0.6 is 0 Å². The molecule has 1 aliphatic rings. The number of alkyl halides is 3. The second-order valence-corrected chi connectivity index (χ2v) is 6.27. The maximum absolute atomic E-state index is 12.7. The number of amides is 1. The third-order valence-electron chi connectivity index (χ3n) is 4.33. The Morgan fingerprint density at radius 2 is 1.75 bits per heavy atom. The number of esters is 1. The van der Waals surface area contributed by atoms with Crippen LogP contribution in [0.25, 0.3) is 0 Å². The molecule has 1 saturated heterocycles. The minimum atomic E-state index is -4.58. The number of carbonyl (C=O) groups excluding carboxylic acids is 3. The number of benzene rings is 2. The highest BCUT2D eigenvalue weighted by Crippen LogP contribution is 2.29. The SMILES string of the molecule is O=C(COC(=O)c1cccc(C(F)(F)F)c1)c1ccc(N2CCCC2=O)cc1. The molecule has 0 saturated carbocycles. The van der Waals surface area contributed by atoms with Crippen LogP contribution in [0.2, 0.25) is 0 Å². The number of carbonyl (C=O) groups is 3. The summed E-state index contributed by atoms with van der Waals surface area (Å²) in [6.07, 6.45) is -3.30. The molecule has 1 amide bonds. The van der Waals surface area contributed by atoms with Gasteiger partial charge in [0.2, 0.25) is 5.91 Å². The van der Waals surface area contributed by atoms with E-state index in [0.29, 0.717) is 24.7 Å². The molecule has 0 bridgehead atoms. The van der Waals surface area contributed by atoms with Crippen LogP contribution in [0.15, 0.2) is 48.5 Å². The summed E-state index contributed by atoms with van der Waals surface area (Å²) in [5.74, 6) is -1.49. The summed E-state index contributed by atoms with van der Waals surface area (Å²) in [7, 11) is 0. The summed E-state index contributed by atoms with van der Waals surface area (Å²) in [6, 6.07) is 10.1. The second kappa shape index (κ2) is 7.84. The number of ether oxygens (including phenoxy) is 1. The van der Waals surface area contributed by atoms with Crippen LogP contribution in [0.3, 0.4) is 0 Å². The molecule has 0 aromatic heterocycles. The second-order valence-electron chi connectivity index (χ2n) is 6.27. The average Bonchev–Trinajstić information content (AvgIpc) is 3.11. The first-order valence-electron chi connectivity index (χ1n) is 8.54. The molecule has 0 atom stereocenters. The minimum absolute atomic E-state index is 0.0223. The van der Waals surface area contributed by atoms with E-state index in [4.69, 9.17) is 4.74 Å². The Hall–Kier alpha value is -3.16. The fourth-order valence-corrected chi connectivity index (χ4v) is 2.87. The van der Waals surface area contributed by atoms with Crippen LogP contribution in [0.5, 0.6) is 0 Å². The van der Waals surface area contributed by atoms with Crippen molar-refractivity contribution in [1.82, 2.24) is 0 Å². The summed E-state index contributed by atoms with van der Waals surface area (Å²) in [6.45, 7) is 0.0256. The molecule has 3 rings (SSSR count). The summed E-state index contributed by atoms with van der Waals surface area (Å²) in [4.78, 5) is 37.5. The predicted molar refractivity (Wildman–Crippen MR) is 94.1 cm³/mol. The number of halogens is 3. The molecule has 2 aromatic rings. The van der Waals surface area contributed by atoms with Gasteiger partial charge in [-0.2, -0.15) is 13.2 Å². The average molecular weight is 391 g/mol. The highest BCUT2D eigenvalue weighted by molar-refractivity contribution is 6.00. The number of rotatable bonds is 5. The van der Waals surface area contributed by atoms with Crippen LogP contribution in [-0.4, -0.2) is 30.8 Å². The summed E-state index contributed by atoms with van der Waals surface area (Å²) < 4.78 is 43.0. The highest BCUT2D eigenvalue weighted by atomic mass is 19.4. The van der Waals surface area contributed by atoms with Crippen molar-refractivity contribution in [1.29, 1.82) is 0 Å². The van der Waals surface area contributed by atoms with E-state index in [2.05, 4.69) is 0 Å². The standard InChI is InChI=1S/C20H16F3NO4/c21-20(22,23)15-4-1-3-14(11-15)19(27)28-12-17(25)13-6-8-16(9-7-13)24-10-2-5-18(24)26/h1,3-4,6-9,11H,2,5,10,12H2. The molecule has 5 nitrogen and oxygen atoms in total. The van der Waals surface area contributed by atoms with Crippen molar-refractivity contribution < 1.29 is 32.3 Å². The molecule has 8 heteroatoms. The van der Waals surface area contributed by atoms with E-state index in [1.165, 1.54) is 18.2 Å². The monoisotopic (exact) mass is 391 g/mol. The number of hydrogen-bond acceptors (Lipinski definition) is 4. The number of anilines is 1. The van der Waals surface area contributed by atoms with Gasteiger partial charge < -0.3 is 9.64 Å². The van der Waals surface area contributed by atoms with Crippen molar-refractivity contribution in [3.63, 3.8) is 0 Å². The lowest BCUT2D eigenvalue weighted by molar-refractivity contribution is -0.137. The van der Waals surface area contributed by atoms with Gasteiger partial charge in [-0.3, -0.25) is 9.59 Å². The molecule has 0 N–H and O–H groups in total. The van der Waals surface area contributed by atoms with Crippen LogP contribution in [-0.2, 0) is 15.7 Å². The molecule has 0 unspecified atom stereocenters. The van der Waals surface area contributed by atoms with Crippen molar-refractivity contribution >= 4 is 23.3 Å². The van der Waals surface area contributed by atoms with Gasteiger partial charge in [-0.05, 0) is 48.9 Å². The van der Waals surface area contributed by atoms with E-state index >= 15 is 0 Å². The lowest BCUT2D eigenvalue weighted by Gasteiger charge is -2.15. The molecule has 28 heavy (non-hydrogen) atoms. The molecule has 1 aliphatic heterocycles. The smallest absolute Gasteiger partial charge is 0.416 e. The molecular weight excluding hydrogens is 375 g/mol. The zero-order chi connectivity index (χ0) is 20.3. The summed E-state index contributed by atoms with van der Waals surface area (Å²) >= 11 is 0. The van der Waals surface area contributed by atoms with Crippen LogP contribution in [0.1, 0.15) is 39.1 Å². The van der Waals surface area contributed by atoms with Crippen LogP contribution < -0.4 is 4.90 Å². The zero-order valence-electron chi connectivity index (χ0n) is 14.7. The quantitative estimate of drug-likeness (QED) is 0.573. The van der Waals surface area contributed by atoms with E-state index in [1.807, 2.05) is 0 Å². The van der Waals surface area contributed by atoms with Gasteiger partial charge in [-0.25, -0.2) is 4.79 Å². The van der Waals surface area contributed by atoms with E-state index in [9.17, 15) is 27.6 Å². The highest BCUT2D eigenvalue weighted by Gasteiger charge is 2.31. The number of ketones is 1. The van der Waals surface area contributed by atoms with E-state index in [1.54, 1.807) is 17.0 Å². The van der Waals surface area contributed by atoms with Crippen molar-refractivity contribution in [2.75, 3.05) is 18.1 Å². The largest absolute Gasteiger partial charge is 0.454 e. The maximum atomic E-state index is 12.7. The summed E-state index contributed by atoms with van der Waals surface area (Å²) in [5, 5.41) is 0. The van der Waals surface area contributed by atoms with Crippen LogP contribution in [0.4, 0.5) is 18.9 Å². The molecule has 0 radical (unpaired) electrons. The van der Waals surface area contributed by atoms with Gasteiger partial charge in [-0.1, -0.05) is 6.07 Å². The third-order valence-corrected chi connectivity index (χ3v) is 4.33. The Morgan fingerprint density at radius 1 is 1.04 bits per heavy atom. The van der Waals surface area contributed by atoms with Crippen molar-refractivity contribution in [2.45, 2.75) is 19.0 Å². The fraction of sp³-hybridized carbons (Fsp3) is 0.250. The molecule has 0 spiro atoms. The lowest BCUT2D eigenvalue weighted by atomic mass is 10.1. The zero-order valence-corrected chi connectivity index (χ0v) is 14.7. The van der Waals surface area contributed by atoms with Gasteiger partial charge >= 0.3 is 12.1 Å². The van der Waals surface area contributed by atoms with Crippen molar-refractivity contribution in [3.8, 4) is 0 Å². The molecular formula is C20H16F3NO4. The molecule has 146 valence electrons. The van der Waals surface area contributed by atoms with Crippen LogP contribution in [0, 0.1) is 0 Å². The Balaban J connectivity index is 1.61. The van der Waals surface area contributed by atoms with E-state index in [-0.39, 0.29) is 17.0 Å². The number of hydrogen-bond donors (Lipinski definition) is 0. The molecule has 0 aliphatic carbocycles. The van der Waals surface area contributed by atoms with Gasteiger partial charge in [-0.15, -0.1) is 0 Å². The van der Waals surface area contributed by atoms with Gasteiger partial charge in [0.25, 0.3) is 0 Å². The Labute approximate surface area is 158 Å². The van der Waals surface area contributed by atoms with Gasteiger partial charge in [0.05, 0.1) is 11.1 Å². The normalized spacial score (nSPS) is 14.2. The predicted octanol–water partition coefficient (Wildman–Crippen LogP) is 3.87. The topological polar surface area (TPSA) is 63.7 Å². The Kier molecular flexibility index (Phi) is 5.48. The van der Waals surface area contributed by atoms with Gasteiger partial charge in [0.1, 0.15) is 0 Å². The first-order chi connectivity index (χ1) is 13.3. The fourth-order valence-electron chi connectivity index (χ4n) is 2.87. The van der Waals surface area contributed by atoms with Gasteiger partial charge in [0, 0.05) is 24.2 Å². The summed E-state index contributed by atoms with van der Waals surface area (Å²) in [5.41, 5.74) is -0.307. The minimum Gasteiger partial charge on any atom is -0.454 e. The Morgan fingerprint density at radius 3 is 2.36 bits per heavy atom. The first-order valence-corrected chi connectivity index (χ1v) is 8.54. The number of nitrogens with zero attached hydrogens (tertiary/aromatic N) is 1. The lowest BCUT2D eigenvalue weighted by Crippen LogP contribution is -2.23.